The van der Waals surface area contributed by atoms with Crippen molar-refractivity contribution >= 4 is 28.8 Å². The molecule has 2 heterocycles. The summed E-state index contributed by atoms with van der Waals surface area (Å²) in [4.78, 5) is 15.6. The third-order valence-corrected chi connectivity index (χ3v) is 4.48. The van der Waals surface area contributed by atoms with Crippen molar-refractivity contribution in [2.24, 2.45) is 7.05 Å². The van der Waals surface area contributed by atoms with Crippen molar-refractivity contribution in [1.82, 2.24) is 20.0 Å². The number of nitrogens with one attached hydrogen (secondary N) is 1. The zero-order valence-corrected chi connectivity index (χ0v) is 13.9. The first-order valence-corrected chi connectivity index (χ1v) is 7.93. The molecule has 0 aromatic carbocycles. The molecule has 0 aliphatic carbocycles. The number of likely N-dealkylation sites (N-methyl/N-ethyl adjacent to an activating group) is 2. The van der Waals surface area contributed by atoms with Gasteiger partial charge in [-0.2, -0.15) is 5.10 Å². The van der Waals surface area contributed by atoms with E-state index >= 15 is 0 Å². The summed E-state index contributed by atoms with van der Waals surface area (Å²) >= 11 is 7.45. The molecular weight excluding hydrogens is 308 g/mol. The molecule has 2 rings (SSSR count). The second kappa shape index (κ2) is 7.06. The van der Waals surface area contributed by atoms with E-state index < -0.39 is 0 Å². The highest BCUT2D eigenvalue weighted by Gasteiger charge is 2.25. The molecule has 0 saturated carbocycles. The molecule has 0 aliphatic heterocycles. The van der Waals surface area contributed by atoms with Gasteiger partial charge in [-0.1, -0.05) is 11.6 Å². The van der Waals surface area contributed by atoms with E-state index in [1.807, 2.05) is 37.2 Å². The number of amides is 1. The number of rotatable bonds is 6. The van der Waals surface area contributed by atoms with Gasteiger partial charge in [-0.3, -0.25) is 9.48 Å². The molecule has 1 amide bonds. The molecule has 0 aliphatic rings. The van der Waals surface area contributed by atoms with Gasteiger partial charge in [0, 0.05) is 30.2 Å². The average Bonchev–Trinajstić information content (AvgIpc) is 3.06. The van der Waals surface area contributed by atoms with E-state index in [9.17, 15) is 4.79 Å². The summed E-state index contributed by atoms with van der Waals surface area (Å²) in [5.41, 5.74) is 0.868. The maximum absolute atomic E-state index is 12.7. The number of thiophene rings is 1. The van der Waals surface area contributed by atoms with E-state index in [-0.39, 0.29) is 11.9 Å². The minimum absolute atomic E-state index is 0.0394. The van der Waals surface area contributed by atoms with Crippen LogP contribution in [0.2, 0.25) is 4.34 Å². The van der Waals surface area contributed by atoms with Gasteiger partial charge in [0.15, 0.2) is 0 Å². The minimum atomic E-state index is -0.380. The summed E-state index contributed by atoms with van der Waals surface area (Å²) in [5.74, 6) is 0.0394. The fourth-order valence-corrected chi connectivity index (χ4v) is 3.28. The fourth-order valence-electron chi connectivity index (χ4n) is 2.17. The molecule has 21 heavy (non-hydrogen) atoms. The second-order valence-corrected chi connectivity index (χ2v) is 6.53. The number of hydrogen-bond donors (Lipinski definition) is 1. The van der Waals surface area contributed by atoms with Gasteiger partial charge in [-0.05, 0) is 26.1 Å². The monoisotopic (exact) mass is 326 g/mol. The molecule has 0 radical (unpaired) electrons. The van der Waals surface area contributed by atoms with Gasteiger partial charge in [-0.15, -0.1) is 11.3 Å². The molecule has 1 N–H and O–H groups in total. The molecule has 0 fully saturated rings. The van der Waals surface area contributed by atoms with Crippen LogP contribution in [0.15, 0.2) is 24.5 Å². The van der Waals surface area contributed by atoms with Crippen molar-refractivity contribution in [2.45, 2.75) is 19.5 Å². The Balaban J connectivity index is 2.14. The van der Waals surface area contributed by atoms with E-state index in [1.54, 1.807) is 17.9 Å². The van der Waals surface area contributed by atoms with Crippen LogP contribution in [-0.2, 0) is 18.4 Å². The predicted octanol–water partition coefficient (Wildman–Crippen LogP) is 2.44. The smallest absolute Gasteiger partial charge is 0.244 e. The minimum Gasteiger partial charge on any atom is -0.336 e. The predicted molar refractivity (Wildman–Crippen MR) is 85.4 cm³/mol. The summed E-state index contributed by atoms with van der Waals surface area (Å²) in [6.07, 6.45) is 3.57. The van der Waals surface area contributed by atoms with Crippen molar-refractivity contribution in [3.8, 4) is 0 Å². The topological polar surface area (TPSA) is 50.2 Å². The molecular formula is C14H19ClN4OS. The van der Waals surface area contributed by atoms with Gasteiger partial charge < -0.3 is 10.2 Å². The van der Waals surface area contributed by atoms with E-state index in [0.717, 1.165) is 14.8 Å². The van der Waals surface area contributed by atoms with Crippen LogP contribution in [-0.4, -0.2) is 34.2 Å². The fraction of sp³-hybridized carbons (Fsp3) is 0.429. The van der Waals surface area contributed by atoms with Gasteiger partial charge in [0.05, 0.1) is 17.1 Å². The Hall–Kier alpha value is -1.37. The molecule has 5 nitrogen and oxygen atoms in total. The Kier molecular flexibility index (Phi) is 5.39. The van der Waals surface area contributed by atoms with Crippen LogP contribution < -0.4 is 5.32 Å². The number of hydrogen-bond acceptors (Lipinski definition) is 4. The zero-order valence-electron chi connectivity index (χ0n) is 12.3. The molecule has 0 spiro atoms. The number of aryl methyl sites for hydroxylation is 1. The molecule has 0 saturated heterocycles. The van der Waals surface area contributed by atoms with Gasteiger partial charge in [0.2, 0.25) is 5.91 Å². The van der Waals surface area contributed by atoms with Gasteiger partial charge in [-0.25, -0.2) is 0 Å². The average molecular weight is 327 g/mol. The Bertz CT molecular complexity index is 610. The number of carbonyl (C=O) groups excluding carboxylic acids is 1. The number of nitrogens with zero attached hydrogens (tertiary/aromatic N) is 3. The van der Waals surface area contributed by atoms with Gasteiger partial charge in [0.25, 0.3) is 0 Å². The third-order valence-electron chi connectivity index (χ3n) is 3.26. The standard InChI is InChI=1S/C14H19ClN4OS/c1-4-19(9-11-5-6-12(15)21-11)14(20)13(16-2)10-7-17-18(3)8-10/h5-8,13,16H,4,9H2,1-3H3. The van der Waals surface area contributed by atoms with Crippen LogP contribution >= 0.6 is 22.9 Å². The van der Waals surface area contributed by atoms with Crippen molar-refractivity contribution in [3.05, 3.63) is 39.3 Å². The number of halogens is 1. The molecule has 1 atom stereocenters. The van der Waals surface area contributed by atoms with Crippen LogP contribution in [0.4, 0.5) is 0 Å². The zero-order chi connectivity index (χ0) is 15.4. The Morgan fingerprint density at radius 3 is 2.81 bits per heavy atom. The highest BCUT2D eigenvalue weighted by molar-refractivity contribution is 7.16. The molecule has 114 valence electrons. The van der Waals surface area contributed by atoms with Crippen LogP contribution in [0.25, 0.3) is 0 Å². The quantitative estimate of drug-likeness (QED) is 0.887. The largest absolute Gasteiger partial charge is 0.336 e. The maximum Gasteiger partial charge on any atom is 0.244 e. The first-order chi connectivity index (χ1) is 10.0. The van der Waals surface area contributed by atoms with Crippen LogP contribution in [0.5, 0.6) is 0 Å². The van der Waals surface area contributed by atoms with E-state index in [2.05, 4.69) is 10.4 Å². The lowest BCUT2D eigenvalue weighted by molar-refractivity contribution is -0.133. The number of aromatic nitrogens is 2. The Morgan fingerprint density at radius 1 is 1.57 bits per heavy atom. The summed E-state index contributed by atoms with van der Waals surface area (Å²) in [7, 11) is 3.62. The summed E-state index contributed by atoms with van der Waals surface area (Å²) in [5, 5.41) is 7.20. The van der Waals surface area contributed by atoms with Crippen LogP contribution in [0.1, 0.15) is 23.4 Å². The first kappa shape index (κ1) is 16.0. The molecule has 2 aromatic rings. The molecule has 7 heteroatoms. The van der Waals surface area contributed by atoms with Crippen LogP contribution in [0.3, 0.4) is 0 Å². The summed E-state index contributed by atoms with van der Waals surface area (Å²) in [6, 6.07) is 3.44. The molecule has 0 bridgehead atoms. The maximum atomic E-state index is 12.7. The van der Waals surface area contributed by atoms with Gasteiger partial charge >= 0.3 is 0 Å². The molecule has 2 aromatic heterocycles. The number of carbonyl (C=O) groups is 1. The van der Waals surface area contributed by atoms with Crippen molar-refractivity contribution in [2.75, 3.05) is 13.6 Å². The van der Waals surface area contributed by atoms with E-state index in [0.29, 0.717) is 13.1 Å². The van der Waals surface area contributed by atoms with Gasteiger partial charge in [0.1, 0.15) is 6.04 Å². The second-order valence-electron chi connectivity index (χ2n) is 4.73. The van der Waals surface area contributed by atoms with E-state index in [4.69, 9.17) is 11.6 Å². The normalized spacial score (nSPS) is 12.4. The Morgan fingerprint density at radius 2 is 2.33 bits per heavy atom. The lowest BCUT2D eigenvalue weighted by Crippen LogP contribution is -2.39. The SMILES string of the molecule is CCN(Cc1ccc(Cl)s1)C(=O)C(NC)c1cnn(C)c1. The molecule has 1 unspecified atom stereocenters. The highest BCUT2D eigenvalue weighted by Crippen LogP contribution is 2.24. The lowest BCUT2D eigenvalue weighted by Gasteiger charge is -2.25. The van der Waals surface area contributed by atoms with Crippen molar-refractivity contribution < 1.29 is 4.79 Å². The van der Waals surface area contributed by atoms with E-state index in [1.165, 1.54) is 11.3 Å². The van der Waals surface area contributed by atoms with Crippen molar-refractivity contribution in [3.63, 3.8) is 0 Å². The third kappa shape index (κ3) is 3.84. The van der Waals surface area contributed by atoms with Crippen molar-refractivity contribution in [1.29, 1.82) is 0 Å². The Labute approximate surface area is 133 Å². The van der Waals surface area contributed by atoms with Crippen LogP contribution in [0, 0.1) is 0 Å². The lowest BCUT2D eigenvalue weighted by atomic mass is 10.1. The summed E-state index contributed by atoms with van der Waals surface area (Å²) < 4.78 is 2.44. The first-order valence-electron chi connectivity index (χ1n) is 6.74. The summed E-state index contributed by atoms with van der Waals surface area (Å²) in [6.45, 7) is 3.20. The highest BCUT2D eigenvalue weighted by atomic mass is 35.5.